The summed E-state index contributed by atoms with van der Waals surface area (Å²) in [7, 11) is 1.34. The fourth-order valence-corrected chi connectivity index (χ4v) is 1.69. The third-order valence-corrected chi connectivity index (χ3v) is 2.63. The van der Waals surface area contributed by atoms with Gasteiger partial charge in [0.1, 0.15) is 28.7 Å². The highest BCUT2D eigenvalue weighted by molar-refractivity contribution is 6.08. The molecule has 2 N–H and O–H groups in total. The molecular weight excluding hydrogens is 268 g/mol. The van der Waals surface area contributed by atoms with Crippen LogP contribution in [0.3, 0.4) is 0 Å². The van der Waals surface area contributed by atoms with Crippen molar-refractivity contribution < 1.29 is 23.4 Å². The van der Waals surface area contributed by atoms with E-state index in [0.29, 0.717) is 6.07 Å². The van der Waals surface area contributed by atoms with Gasteiger partial charge in [0, 0.05) is 6.07 Å². The molecule has 2 aromatic carbocycles. The summed E-state index contributed by atoms with van der Waals surface area (Å²) in [5.74, 6) is -2.58. The number of carbonyl (C=O) groups excluding carboxylic acids is 1. The summed E-state index contributed by atoms with van der Waals surface area (Å²) in [6.07, 6.45) is 0. The van der Waals surface area contributed by atoms with E-state index in [0.717, 1.165) is 12.1 Å². The summed E-state index contributed by atoms with van der Waals surface area (Å²) < 4.78 is 31.2. The highest BCUT2D eigenvalue weighted by Crippen LogP contribution is 2.28. The zero-order valence-corrected chi connectivity index (χ0v) is 10.5. The van der Waals surface area contributed by atoms with Crippen LogP contribution in [0.4, 0.5) is 14.5 Å². The molecule has 0 bridgehead atoms. The summed E-state index contributed by atoms with van der Waals surface area (Å²) in [6, 6.07) is 7.05. The number of methoxy groups -OCH3 is 1. The molecule has 20 heavy (non-hydrogen) atoms. The number of hydrogen-bond donors (Lipinski definition) is 2. The van der Waals surface area contributed by atoms with Gasteiger partial charge in [-0.25, -0.2) is 8.78 Å². The Morgan fingerprint density at radius 2 is 2.00 bits per heavy atom. The number of phenolic OH excluding ortho intramolecular Hbond substituents is 1. The van der Waals surface area contributed by atoms with Gasteiger partial charge in [-0.1, -0.05) is 6.07 Å². The number of ether oxygens (including phenoxy) is 1. The van der Waals surface area contributed by atoms with Crippen LogP contribution in [-0.2, 0) is 0 Å². The van der Waals surface area contributed by atoms with Crippen LogP contribution in [0, 0.1) is 11.6 Å². The lowest BCUT2D eigenvalue weighted by Crippen LogP contribution is -2.14. The Morgan fingerprint density at radius 1 is 1.25 bits per heavy atom. The molecule has 0 unspecified atom stereocenters. The van der Waals surface area contributed by atoms with Crippen LogP contribution in [0.1, 0.15) is 10.4 Å². The van der Waals surface area contributed by atoms with E-state index in [1.54, 1.807) is 0 Å². The van der Waals surface area contributed by atoms with Crippen LogP contribution in [0.15, 0.2) is 36.4 Å². The zero-order valence-electron chi connectivity index (χ0n) is 10.5. The highest BCUT2D eigenvalue weighted by atomic mass is 19.1. The van der Waals surface area contributed by atoms with E-state index in [1.165, 1.54) is 25.3 Å². The third kappa shape index (κ3) is 2.69. The number of halogens is 2. The van der Waals surface area contributed by atoms with Crippen molar-refractivity contribution in [1.29, 1.82) is 0 Å². The van der Waals surface area contributed by atoms with Crippen molar-refractivity contribution in [1.82, 2.24) is 0 Å². The Kier molecular flexibility index (Phi) is 3.84. The number of carbonyl (C=O) groups is 1. The molecule has 0 heterocycles. The Labute approximate surface area is 113 Å². The van der Waals surface area contributed by atoms with Crippen molar-refractivity contribution in [3.8, 4) is 11.5 Å². The van der Waals surface area contributed by atoms with Gasteiger partial charge in [-0.15, -0.1) is 0 Å². The average Bonchev–Trinajstić information content (AvgIpc) is 2.41. The molecule has 0 saturated carbocycles. The molecule has 2 rings (SSSR count). The number of benzene rings is 2. The second-order valence-corrected chi connectivity index (χ2v) is 3.93. The fourth-order valence-electron chi connectivity index (χ4n) is 1.69. The van der Waals surface area contributed by atoms with E-state index in [2.05, 4.69) is 5.32 Å². The molecule has 0 saturated heterocycles. The molecule has 1 amide bonds. The van der Waals surface area contributed by atoms with Crippen LogP contribution in [0.2, 0.25) is 0 Å². The lowest BCUT2D eigenvalue weighted by Gasteiger charge is -2.11. The number of phenols is 1. The molecule has 0 atom stereocenters. The van der Waals surface area contributed by atoms with Gasteiger partial charge in [0.15, 0.2) is 0 Å². The van der Waals surface area contributed by atoms with Gasteiger partial charge in [-0.2, -0.15) is 0 Å². The number of aromatic hydroxyl groups is 1. The van der Waals surface area contributed by atoms with Gasteiger partial charge in [-0.3, -0.25) is 4.79 Å². The quantitative estimate of drug-likeness (QED) is 0.908. The molecule has 0 fully saturated rings. The van der Waals surface area contributed by atoms with Gasteiger partial charge in [0.2, 0.25) is 0 Å². The fraction of sp³-hybridized carbons (Fsp3) is 0.0714. The van der Waals surface area contributed by atoms with Crippen molar-refractivity contribution in [3.05, 3.63) is 53.6 Å². The van der Waals surface area contributed by atoms with E-state index < -0.39 is 17.5 Å². The molecule has 0 aliphatic carbocycles. The topological polar surface area (TPSA) is 58.6 Å². The van der Waals surface area contributed by atoms with Crippen LogP contribution >= 0.6 is 0 Å². The first kappa shape index (κ1) is 13.8. The first-order valence-electron chi connectivity index (χ1n) is 5.65. The molecule has 0 aromatic heterocycles. The Hall–Kier alpha value is -2.63. The highest BCUT2D eigenvalue weighted by Gasteiger charge is 2.18. The SMILES string of the molecule is COc1cccc(O)c1C(=O)Nc1ccc(F)cc1F. The van der Waals surface area contributed by atoms with Gasteiger partial charge in [0.25, 0.3) is 5.91 Å². The summed E-state index contributed by atoms with van der Waals surface area (Å²) in [5.41, 5.74) is -0.319. The second-order valence-electron chi connectivity index (χ2n) is 3.93. The number of anilines is 1. The molecule has 104 valence electrons. The lowest BCUT2D eigenvalue weighted by atomic mass is 10.1. The third-order valence-electron chi connectivity index (χ3n) is 2.63. The zero-order chi connectivity index (χ0) is 14.7. The summed E-state index contributed by atoms with van der Waals surface area (Å²) in [6.45, 7) is 0. The predicted molar refractivity (Wildman–Crippen MR) is 69.0 cm³/mol. The normalized spacial score (nSPS) is 10.2. The van der Waals surface area contributed by atoms with Crippen molar-refractivity contribution in [2.45, 2.75) is 0 Å². The molecule has 2 aromatic rings. The van der Waals surface area contributed by atoms with Crippen molar-refractivity contribution in [2.24, 2.45) is 0 Å². The van der Waals surface area contributed by atoms with Gasteiger partial charge in [0.05, 0.1) is 12.8 Å². The minimum atomic E-state index is -0.910. The number of hydrogen-bond acceptors (Lipinski definition) is 3. The van der Waals surface area contributed by atoms with E-state index >= 15 is 0 Å². The summed E-state index contributed by atoms with van der Waals surface area (Å²) >= 11 is 0. The average molecular weight is 279 g/mol. The first-order chi connectivity index (χ1) is 9.52. The Bertz CT molecular complexity index is 659. The largest absolute Gasteiger partial charge is 0.507 e. The maximum absolute atomic E-state index is 13.5. The van der Waals surface area contributed by atoms with Crippen molar-refractivity contribution >= 4 is 11.6 Å². The van der Waals surface area contributed by atoms with Crippen LogP contribution in [0.25, 0.3) is 0 Å². The standard InChI is InChI=1S/C14H11F2NO3/c1-20-12-4-2-3-11(18)13(12)14(19)17-10-6-5-8(15)7-9(10)16/h2-7,18H,1H3,(H,17,19). The monoisotopic (exact) mass is 279 g/mol. The van der Waals surface area contributed by atoms with E-state index in [9.17, 15) is 18.7 Å². The minimum absolute atomic E-state index is 0.126. The maximum atomic E-state index is 13.5. The Balaban J connectivity index is 2.33. The number of amides is 1. The summed E-state index contributed by atoms with van der Waals surface area (Å²) in [4.78, 5) is 12.0. The van der Waals surface area contributed by atoms with Crippen molar-refractivity contribution in [2.75, 3.05) is 12.4 Å². The molecule has 6 heteroatoms. The van der Waals surface area contributed by atoms with Gasteiger partial charge >= 0.3 is 0 Å². The minimum Gasteiger partial charge on any atom is -0.507 e. The molecule has 0 radical (unpaired) electrons. The molecule has 0 aliphatic heterocycles. The van der Waals surface area contributed by atoms with Crippen LogP contribution in [0.5, 0.6) is 11.5 Å². The Morgan fingerprint density at radius 3 is 2.65 bits per heavy atom. The lowest BCUT2D eigenvalue weighted by molar-refractivity contribution is 0.102. The molecule has 0 aliphatic rings. The smallest absolute Gasteiger partial charge is 0.263 e. The number of rotatable bonds is 3. The van der Waals surface area contributed by atoms with Crippen LogP contribution < -0.4 is 10.1 Å². The molecular formula is C14H11F2NO3. The summed E-state index contributed by atoms with van der Waals surface area (Å²) in [5, 5.41) is 11.9. The van der Waals surface area contributed by atoms with Gasteiger partial charge < -0.3 is 15.2 Å². The van der Waals surface area contributed by atoms with E-state index in [4.69, 9.17) is 4.74 Å². The van der Waals surface area contributed by atoms with Crippen LogP contribution in [-0.4, -0.2) is 18.1 Å². The molecule has 4 nitrogen and oxygen atoms in total. The van der Waals surface area contributed by atoms with E-state index in [-0.39, 0.29) is 22.7 Å². The first-order valence-corrected chi connectivity index (χ1v) is 5.65. The van der Waals surface area contributed by atoms with Gasteiger partial charge in [-0.05, 0) is 24.3 Å². The number of nitrogens with one attached hydrogen (secondary N) is 1. The van der Waals surface area contributed by atoms with Crippen molar-refractivity contribution in [3.63, 3.8) is 0 Å². The maximum Gasteiger partial charge on any atom is 0.263 e. The van der Waals surface area contributed by atoms with E-state index in [1.807, 2.05) is 0 Å². The predicted octanol–water partition coefficient (Wildman–Crippen LogP) is 2.93. The second kappa shape index (κ2) is 5.56. The molecule has 0 spiro atoms.